The van der Waals surface area contributed by atoms with Gasteiger partial charge < -0.3 is 20.3 Å². The summed E-state index contributed by atoms with van der Waals surface area (Å²) in [5, 5.41) is 8.99. The third-order valence-electron chi connectivity index (χ3n) is 3.42. The highest BCUT2D eigenvalue weighted by atomic mass is 16.7. The van der Waals surface area contributed by atoms with Crippen LogP contribution >= 0.6 is 0 Å². The predicted molar refractivity (Wildman–Crippen MR) is 88.9 cm³/mol. The molecule has 0 fully saturated rings. The van der Waals surface area contributed by atoms with Crippen LogP contribution in [-0.4, -0.2) is 35.3 Å². The summed E-state index contributed by atoms with van der Waals surface area (Å²) in [7, 11) is 0. The van der Waals surface area contributed by atoms with Gasteiger partial charge in [-0.2, -0.15) is 0 Å². The van der Waals surface area contributed by atoms with Gasteiger partial charge in [-0.15, -0.1) is 0 Å². The molecule has 0 aliphatic heterocycles. The molecule has 0 spiro atoms. The lowest BCUT2D eigenvalue weighted by atomic mass is 9.88. The largest absolute Gasteiger partial charge is 0.481 e. The monoisotopic (exact) mass is 345 g/mol. The van der Waals surface area contributed by atoms with Crippen molar-refractivity contribution in [2.45, 2.75) is 73.1 Å². The molecule has 0 aliphatic rings. The molecular weight excluding hydrogens is 314 g/mol. The molecule has 0 aliphatic carbocycles. The zero-order valence-corrected chi connectivity index (χ0v) is 15.5. The molecule has 0 aromatic heterocycles. The summed E-state index contributed by atoms with van der Waals surface area (Å²) >= 11 is 0. The quantitative estimate of drug-likeness (QED) is 0.486. The van der Waals surface area contributed by atoms with E-state index < -0.39 is 41.6 Å². The van der Waals surface area contributed by atoms with Crippen molar-refractivity contribution >= 4 is 17.9 Å². The Bertz CT molecular complexity index is 441. The average molecular weight is 345 g/mol. The second-order valence-corrected chi connectivity index (χ2v) is 7.44. The van der Waals surface area contributed by atoms with Crippen molar-refractivity contribution in [1.82, 2.24) is 0 Å². The Labute approximate surface area is 143 Å². The van der Waals surface area contributed by atoms with E-state index in [-0.39, 0.29) is 18.8 Å². The third kappa shape index (κ3) is 8.29. The van der Waals surface area contributed by atoms with Crippen LogP contribution in [0.15, 0.2) is 0 Å². The summed E-state index contributed by atoms with van der Waals surface area (Å²) in [6, 6.07) is -1.08. The van der Waals surface area contributed by atoms with Crippen molar-refractivity contribution < 1.29 is 29.0 Å². The number of carboxylic acids is 1. The summed E-state index contributed by atoms with van der Waals surface area (Å²) < 4.78 is 10.3. The van der Waals surface area contributed by atoms with Crippen molar-refractivity contribution in [2.75, 3.05) is 0 Å². The second kappa shape index (κ2) is 9.61. The number of carbonyl (C=O) groups excluding carboxylic acids is 2. The van der Waals surface area contributed by atoms with Crippen LogP contribution in [0.1, 0.15) is 60.8 Å². The molecule has 0 radical (unpaired) electrons. The van der Waals surface area contributed by atoms with E-state index >= 15 is 0 Å². The maximum Gasteiger partial charge on any atom is 0.326 e. The van der Waals surface area contributed by atoms with Crippen molar-refractivity contribution in [1.29, 1.82) is 0 Å². The molecule has 0 heterocycles. The fraction of sp³-hybridized carbons (Fsp3) is 0.824. The molecule has 7 heteroatoms. The smallest absolute Gasteiger partial charge is 0.326 e. The topological polar surface area (TPSA) is 116 Å². The lowest BCUT2D eigenvalue weighted by molar-refractivity contribution is -0.195. The first-order chi connectivity index (χ1) is 10.9. The number of ether oxygens (including phenoxy) is 2. The molecule has 0 bridgehead atoms. The van der Waals surface area contributed by atoms with Crippen LogP contribution in [0.5, 0.6) is 0 Å². The number of nitrogens with two attached hydrogens (primary N) is 1. The van der Waals surface area contributed by atoms with Crippen molar-refractivity contribution in [3.63, 3.8) is 0 Å². The highest BCUT2D eigenvalue weighted by Crippen LogP contribution is 2.21. The number of aliphatic carboxylic acids is 1. The van der Waals surface area contributed by atoms with Crippen LogP contribution in [0, 0.1) is 17.3 Å². The van der Waals surface area contributed by atoms with Gasteiger partial charge in [0.25, 0.3) is 0 Å². The SMILES string of the molecule is CCC(OC(=O)C(N)C(CC(=O)O)CC(C)C)OC(=O)C(C)(C)C. The molecule has 3 atom stereocenters. The molecule has 3 N–H and O–H groups in total. The maximum absolute atomic E-state index is 12.2. The van der Waals surface area contributed by atoms with E-state index in [1.807, 2.05) is 13.8 Å². The molecule has 0 aromatic carbocycles. The molecule has 0 saturated heterocycles. The summed E-state index contributed by atoms with van der Waals surface area (Å²) in [5.74, 6) is -2.61. The zero-order chi connectivity index (χ0) is 19.1. The third-order valence-corrected chi connectivity index (χ3v) is 3.42. The predicted octanol–water partition coefficient (Wildman–Crippen LogP) is 2.32. The average Bonchev–Trinajstić information content (AvgIpc) is 2.42. The van der Waals surface area contributed by atoms with Gasteiger partial charge in [0.15, 0.2) is 0 Å². The first-order valence-corrected chi connectivity index (χ1v) is 8.27. The van der Waals surface area contributed by atoms with Crippen LogP contribution in [0.4, 0.5) is 0 Å². The van der Waals surface area contributed by atoms with Crippen LogP contribution in [0.25, 0.3) is 0 Å². The van der Waals surface area contributed by atoms with E-state index in [1.165, 1.54) is 0 Å². The van der Waals surface area contributed by atoms with Gasteiger partial charge in [0.1, 0.15) is 6.04 Å². The van der Waals surface area contributed by atoms with E-state index in [2.05, 4.69) is 0 Å². The molecule has 3 unspecified atom stereocenters. The van der Waals surface area contributed by atoms with Crippen molar-refractivity contribution in [3.8, 4) is 0 Å². The van der Waals surface area contributed by atoms with E-state index in [4.69, 9.17) is 20.3 Å². The molecule has 0 amide bonds. The van der Waals surface area contributed by atoms with Gasteiger partial charge in [-0.05, 0) is 39.0 Å². The summed E-state index contributed by atoms with van der Waals surface area (Å²) in [6.45, 7) is 10.6. The number of hydrogen-bond donors (Lipinski definition) is 2. The zero-order valence-electron chi connectivity index (χ0n) is 15.5. The number of esters is 2. The number of carboxylic acid groups (broad SMARTS) is 1. The molecule has 24 heavy (non-hydrogen) atoms. The molecule has 140 valence electrons. The standard InChI is InChI=1S/C17H31NO6/c1-7-13(24-16(22)17(4,5)6)23-15(21)14(18)11(8-10(2)3)9-12(19)20/h10-11,13-14H,7-9,18H2,1-6H3,(H,19,20). The van der Waals surface area contributed by atoms with Crippen molar-refractivity contribution in [3.05, 3.63) is 0 Å². The number of rotatable bonds is 9. The molecule has 7 nitrogen and oxygen atoms in total. The van der Waals surface area contributed by atoms with Gasteiger partial charge in [0.2, 0.25) is 6.29 Å². The molecule has 0 aromatic rings. The summed E-state index contributed by atoms with van der Waals surface area (Å²) in [4.78, 5) is 35.1. The Morgan fingerprint density at radius 2 is 1.67 bits per heavy atom. The van der Waals surface area contributed by atoms with Gasteiger partial charge in [-0.1, -0.05) is 20.8 Å². The lowest BCUT2D eigenvalue weighted by Crippen LogP contribution is -2.43. The van der Waals surface area contributed by atoms with E-state index in [9.17, 15) is 14.4 Å². The highest BCUT2D eigenvalue weighted by Gasteiger charge is 2.32. The minimum absolute atomic E-state index is 0.189. The van der Waals surface area contributed by atoms with Crippen LogP contribution in [-0.2, 0) is 23.9 Å². The van der Waals surface area contributed by atoms with Crippen LogP contribution in [0.2, 0.25) is 0 Å². The molecule has 0 saturated carbocycles. The molecular formula is C17H31NO6. The Kier molecular flexibility index (Phi) is 8.96. The number of hydrogen-bond acceptors (Lipinski definition) is 6. The van der Waals surface area contributed by atoms with Gasteiger partial charge in [-0.3, -0.25) is 14.4 Å². The van der Waals surface area contributed by atoms with Gasteiger partial charge in [-0.25, -0.2) is 0 Å². The first-order valence-electron chi connectivity index (χ1n) is 8.27. The second-order valence-electron chi connectivity index (χ2n) is 7.44. The Morgan fingerprint density at radius 1 is 1.12 bits per heavy atom. The Balaban J connectivity index is 4.88. The van der Waals surface area contributed by atoms with Crippen molar-refractivity contribution in [2.24, 2.45) is 23.0 Å². The Morgan fingerprint density at radius 3 is 2.04 bits per heavy atom. The summed E-state index contributed by atoms with van der Waals surface area (Å²) in [6.07, 6.45) is -0.470. The van der Waals surface area contributed by atoms with E-state index in [1.54, 1.807) is 27.7 Å². The minimum Gasteiger partial charge on any atom is -0.481 e. The normalized spacial score (nSPS) is 15.5. The fourth-order valence-electron chi connectivity index (χ4n) is 2.07. The Hall–Kier alpha value is -1.63. The summed E-state index contributed by atoms with van der Waals surface area (Å²) in [5.41, 5.74) is 5.18. The lowest BCUT2D eigenvalue weighted by Gasteiger charge is -2.26. The minimum atomic E-state index is -1.08. The molecule has 0 rings (SSSR count). The van der Waals surface area contributed by atoms with Gasteiger partial charge >= 0.3 is 17.9 Å². The van der Waals surface area contributed by atoms with E-state index in [0.717, 1.165) is 0 Å². The van der Waals surface area contributed by atoms with Gasteiger partial charge in [0, 0.05) is 6.42 Å². The van der Waals surface area contributed by atoms with Crippen LogP contribution < -0.4 is 5.73 Å². The van der Waals surface area contributed by atoms with Gasteiger partial charge in [0.05, 0.1) is 11.8 Å². The number of carbonyl (C=O) groups is 3. The highest BCUT2D eigenvalue weighted by molar-refractivity contribution is 5.78. The maximum atomic E-state index is 12.2. The van der Waals surface area contributed by atoms with Crippen LogP contribution in [0.3, 0.4) is 0 Å². The first kappa shape index (κ1) is 22.4. The fourth-order valence-corrected chi connectivity index (χ4v) is 2.07. The van der Waals surface area contributed by atoms with E-state index in [0.29, 0.717) is 6.42 Å².